The lowest BCUT2D eigenvalue weighted by Gasteiger charge is -2.21. The smallest absolute Gasteiger partial charge is 0.183 e. The third-order valence-corrected chi connectivity index (χ3v) is 6.62. The molecule has 0 aliphatic rings. The normalized spacial score (nSPS) is 12.7. The summed E-state index contributed by atoms with van der Waals surface area (Å²) in [5.74, 6) is 0.603. The van der Waals surface area contributed by atoms with Gasteiger partial charge in [-0.1, -0.05) is 12.1 Å². The molecule has 0 amide bonds. The van der Waals surface area contributed by atoms with Crippen LogP contribution in [0, 0.1) is 6.92 Å². The molecule has 5 nitrogen and oxygen atoms in total. The Labute approximate surface area is 142 Å². The Morgan fingerprint density at radius 3 is 2.46 bits per heavy atom. The van der Waals surface area contributed by atoms with Crippen molar-refractivity contribution in [1.29, 1.82) is 0 Å². The largest absolute Gasteiger partial charge is 0.312 e. The summed E-state index contributed by atoms with van der Waals surface area (Å²) in [7, 11) is -1.64. The summed E-state index contributed by atoms with van der Waals surface area (Å²) >= 11 is 0. The SMILES string of the molecule is Cc1cnc2c(c1)nc(-c1ccccc1S(=O)(=O)C(C)(C)C)n2C. The van der Waals surface area contributed by atoms with Crippen LogP contribution in [0.25, 0.3) is 22.6 Å². The number of pyridine rings is 1. The van der Waals surface area contributed by atoms with Gasteiger partial charge in [0, 0.05) is 18.8 Å². The molecule has 0 unspecified atom stereocenters. The highest BCUT2D eigenvalue weighted by atomic mass is 32.2. The first-order valence-electron chi connectivity index (χ1n) is 7.76. The molecule has 0 bridgehead atoms. The van der Waals surface area contributed by atoms with Crippen LogP contribution in [0.2, 0.25) is 0 Å². The van der Waals surface area contributed by atoms with Crippen LogP contribution in [0.5, 0.6) is 0 Å². The summed E-state index contributed by atoms with van der Waals surface area (Å²) in [6.07, 6.45) is 1.78. The maximum Gasteiger partial charge on any atom is 0.183 e. The van der Waals surface area contributed by atoms with Crippen molar-refractivity contribution < 1.29 is 8.42 Å². The third-order valence-electron chi connectivity index (χ3n) is 4.07. The van der Waals surface area contributed by atoms with Gasteiger partial charge in [-0.05, 0) is 51.5 Å². The number of rotatable bonds is 2. The van der Waals surface area contributed by atoms with Crippen LogP contribution < -0.4 is 0 Å². The molecule has 3 rings (SSSR count). The van der Waals surface area contributed by atoms with E-state index in [-0.39, 0.29) is 0 Å². The molecule has 0 saturated heterocycles. The molecule has 0 spiro atoms. The van der Waals surface area contributed by atoms with Gasteiger partial charge in [-0.3, -0.25) is 0 Å². The van der Waals surface area contributed by atoms with Gasteiger partial charge in [0.1, 0.15) is 11.3 Å². The Hall–Kier alpha value is -2.21. The van der Waals surface area contributed by atoms with Crippen molar-refractivity contribution >= 4 is 21.0 Å². The van der Waals surface area contributed by atoms with E-state index >= 15 is 0 Å². The average Bonchev–Trinajstić information content (AvgIpc) is 2.82. The molecule has 0 saturated carbocycles. The first-order chi connectivity index (χ1) is 11.1. The van der Waals surface area contributed by atoms with E-state index in [9.17, 15) is 8.42 Å². The second-order valence-corrected chi connectivity index (χ2v) is 9.63. The molecular formula is C18H21N3O2S. The molecule has 0 radical (unpaired) electrons. The third kappa shape index (κ3) is 2.51. The topological polar surface area (TPSA) is 64.8 Å². The summed E-state index contributed by atoms with van der Waals surface area (Å²) < 4.78 is 26.9. The molecule has 0 N–H and O–H groups in total. The molecular weight excluding hydrogens is 322 g/mol. The molecule has 3 aromatic rings. The minimum atomic E-state index is -3.49. The van der Waals surface area contributed by atoms with Gasteiger partial charge < -0.3 is 4.57 Å². The first kappa shape index (κ1) is 16.6. The van der Waals surface area contributed by atoms with Crippen molar-refractivity contribution in [2.75, 3.05) is 0 Å². The number of hydrogen-bond acceptors (Lipinski definition) is 4. The number of sulfone groups is 1. The zero-order chi connectivity index (χ0) is 17.7. The van der Waals surface area contributed by atoms with E-state index < -0.39 is 14.6 Å². The average molecular weight is 343 g/mol. The number of aromatic nitrogens is 3. The maximum absolute atomic E-state index is 13.0. The molecule has 0 atom stereocenters. The second-order valence-electron chi connectivity index (χ2n) is 6.96. The van der Waals surface area contributed by atoms with Gasteiger partial charge >= 0.3 is 0 Å². The van der Waals surface area contributed by atoms with Crippen LogP contribution in [0.15, 0.2) is 41.4 Å². The zero-order valence-electron chi connectivity index (χ0n) is 14.5. The van der Waals surface area contributed by atoms with Crippen LogP contribution in [0.3, 0.4) is 0 Å². The number of hydrogen-bond donors (Lipinski definition) is 0. The summed E-state index contributed by atoms with van der Waals surface area (Å²) in [6, 6.07) is 8.97. The number of nitrogens with zero attached hydrogens (tertiary/aromatic N) is 3. The van der Waals surface area contributed by atoms with Gasteiger partial charge in [0.2, 0.25) is 0 Å². The van der Waals surface area contributed by atoms with Crippen LogP contribution in [0.1, 0.15) is 26.3 Å². The van der Waals surface area contributed by atoms with Crippen molar-refractivity contribution in [3.63, 3.8) is 0 Å². The fourth-order valence-electron chi connectivity index (χ4n) is 2.63. The summed E-state index contributed by atoms with van der Waals surface area (Å²) in [4.78, 5) is 9.35. The van der Waals surface area contributed by atoms with Crippen molar-refractivity contribution in [2.45, 2.75) is 37.3 Å². The van der Waals surface area contributed by atoms with Crippen LogP contribution in [-0.4, -0.2) is 27.7 Å². The molecule has 6 heteroatoms. The lowest BCUT2D eigenvalue weighted by molar-refractivity contribution is 0.560. The monoisotopic (exact) mass is 343 g/mol. The molecule has 0 aliphatic carbocycles. The van der Waals surface area contributed by atoms with Crippen molar-refractivity contribution in [3.05, 3.63) is 42.1 Å². The summed E-state index contributed by atoms with van der Waals surface area (Å²) in [5, 5.41) is 0. The zero-order valence-corrected chi connectivity index (χ0v) is 15.3. The summed E-state index contributed by atoms with van der Waals surface area (Å²) in [5.41, 5.74) is 3.11. The Bertz CT molecular complexity index is 1030. The van der Waals surface area contributed by atoms with Gasteiger partial charge in [0.25, 0.3) is 0 Å². The lowest BCUT2D eigenvalue weighted by Crippen LogP contribution is -2.28. The number of imidazole rings is 1. The molecule has 126 valence electrons. The molecule has 24 heavy (non-hydrogen) atoms. The second kappa shape index (κ2) is 5.41. The summed E-state index contributed by atoms with van der Waals surface area (Å²) in [6.45, 7) is 7.08. The molecule has 2 heterocycles. The molecule has 0 aliphatic heterocycles. The fraction of sp³-hybridized carbons (Fsp3) is 0.333. The van der Waals surface area contributed by atoms with E-state index in [4.69, 9.17) is 0 Å². The maximum atomic E-state index is 13.0. The lowest BCUT2D eigenvalue weighted by atomic mass is 10.2. The number of benzene rings is 1. The minimum Gasteiger partial charge on any atom is -0.312 e. The van der Waals surface area contributed by atoms with Gasteiger partial charge in [-0.2, -0.15) is 0 Å². The minimum absolute atomic E-state index is 0.299. The van der Waals surface area contributed by atoms with Gasteiger partial charge in [-0.25, -0.2) is 18.4 Å². The van der Waals surface area contributed by atoms with E-state index in [2.05, 4.69) is 9.97 Å². The van der Waals surface area contributed by atoms with Gasteiger partial charge in [0.05, 0.1) is 9.64 Å². The van der Waals surface area contributed by atoms with Gasteiger partial charge in [0.15, 0.2) is 15.5 Å². The quantitative estimate of drug-likeness (QED) is 0.714. The Kier molecular flexibility index (Phi) is 3.75. The van der Waals surface area contributed by atoms with Gasteiger partial charge in [-0.15, -0.1) is 0 Å². The number of aryl methyl sites for hydroxylation is 2. The van der Waals surface area contributed by atoms with E-state index in [1.165, 1.54) is 0 Å². The van der Waals surface area contributed by atoms with Crippen molar-refractivity contribution in [3.8, 4) is 11.4 Å². The highest BCUT2D eigenvalue weighted by Gasteiger charge is 2.33. The first-order valence-corrected chi connectivity index (χ1v) is 9.24. The van der Waals surface area contributed by atoms with Crippen LogP contribution >= 0.6 is 0 Å². The highest BCUT2D eigenvalue weighted by Crippen LogP contribution is 2.33. The Morgan fingerprint density at radius 1 is 1.12 bits per heavy atom. The molecule has 1 aromatic carbocycles. The predicted molar refractivity (Wildman–Crippen MR) is 95.6 cm³/mol. The highest BCUT2D eigenvalue weighted by molar-refractivity contribution is 7.92. The van der Waals surface area contributed by atoms with Crippen molar-refractivity contribution in [2.24, 2.45) is 7.05 Å². The number of fused-ring (bicyclic) bond motifs is 1. The Balaban J connectivity index is 2.32. The van der Waals surface area contributed by atoms with E-state index in [1.54, 1.807) is 45.2 Å². The van der Waals surface area contributed by atoms with E-state index in [1.807, 2.05) is 30.7 Å². The van der Waals surface area contributed by atoms with E-state index in [0.29, 0.717) is 16.3 Å². The predicted octanol–water partition coefficient (Wildman–Crippen LogP) is 3.52. The van der Waals surface area contributed by atoms with E-state index in [0.717, 1.165) is 16.7 Å². The van der Waals surface area contributed by atoms with Crippen LogP contribution in [-0.2, 0) is 16.9 Å². The molecule has 2 aromatic heterocycles. The fourth-order valence-corrected chi connectivity index (χ4v) is 4.00. The molecule has 0 fully saturated rings. The Morgan fingerprint density at radius 2 is 1.79 bits per heavy atom. The standard InChI is InChI=1S/C18H21N3O2S/c1-12-10-14-17(19-11-12)21(5)16(20-14)13-8-6-7-9-15(13)24(22,23)18(2,3)4/h6-11H,1-5H3. The van der Waals surface area contributed by atoms with Crippen molar-refractivity contribution in [1.82, 2.24) is 14.5 Å². The van der Waals surface area contributed by atoms with Crippen LogP contribution in [0.4, 0.5) is 0 Å².